The molecular weight excluding hydrogens is 266 g/mol. The monoisotopic (exact) mass is 291 g/mol. The summed E-state index contributed by atoms with van der Waals surface area (Å²) in [6.45, 7) is 7.31. The third kappa shape index (κ3) is 3.02. The number of likely N-dealkylation sites (N-methyl/N-ethyl adjacent to an activating group) is 1. The zero-order valence-corrected chi connectivity index (χ0v) is 13.2. The number of rotatable bonds is 3. The largest absolute Gasteiger partial charge is 0.357 e. The maximum Gasteiger partial charge on any atom is 0.232 e. The first-order valence-electron chi connectivity index (χ1n) is 7.81. The molecule has 0 saturated carbocycles. The van der Waals surface area contributed by atoms with E-state index in [1.54, 1.807) is 0 Å². The van der Waals surface area contributed by atoms with E-state index >= 15 is 0 Å². The topological polar surface area (TPSA) is 60.4 Å². The summed E-state index contributed by atoms with van der Waals surface area (Å²) in [4.78, 5) is 20.7. The van der Waals surface area contributed by atoms with Gasteiger partial charge in [0.2, 0.25) is 17.8 Å². The van der Waals surface area contributed by atoms with Gasteiger partial charge in [-0.1, -0.05) is 0 Å². The van der Waals surface area contributed by atoms with Gasteiger partial charge in [0, 0.05) is 45.8 Å². The summed E-state index contributed by atoms with van der Waals surface area (Å²) in [5.41, 5.74) is 0. The van der Waals surface area contributed by atoms with Crippen LogP contribution in [0, 0.1) is 0 Å². The number of aromatic nitrogens is 3. The number of hydrogen-bond donors (Lipinski definition) is 1. The molecular formula is C14H25N7. The minimum Gasteiger partial charge on any atom is -0.357 e. The predicted octanol–water partition coefficient (Wildman–Crippen LogP) is 0.654. The van der Waals surface area contributed by atoms with Gasteiger partial charge in [0.05, 0.1) is 0 Å². The van der Waals surface area contributed by atoms with Crippen LogP contribution in [0.5, 0.6) is 0 Å². The van der Waals surface area contributed by atoms with Crippen LogP contribution >= 0.6 is 0 Å². The highest BCUT2D eigenvalue weighted by Gasteiger charge is 2.24. The number of nitrogens with one attached hydrogen (secondary N) is 1. The van der Waals surface area contributed by atoms with Crippen molar-refractivity contribution in [3.8, 4) is 0 Å². The van der Waals surface area contributed by atoms with Crippen LogP contribution in [-0.4, -0.2) is 72.7 Å². The van der Waals surface area contributed by atoms with Crippen molar-refractivity contribution >= 4 is 17.8 Å². The number of piperazine rings is 1. The molecule has 1 aromatic rings. The van der Waals surface area contributed by atoms with E-state index in [0.29, 0.717) is 12.0 Å². The molecule has 2 saturated heterocycles. The molecule has 116 valence electrons. The molecule has 0 amide bonds. The van der Waals surface area contributed by atoms with Gasteiger partial charge in [0.15, 0.2) is 0 Å². The van der Waals surface area contributed by atoms with Crippen molar-refractivity contribution in [2.75, 3.05) is 61.9 Å². The molecule has 7 nitrogen and oxygen atoms in total. The summed E-state index contributed by atoms with van der Waals surface area (Å²) in [5.74, 6) is 2.28. The van der Waals surface area contributed by atoms with Gasteiger partial charge in [-0.3, -0.25) is 0 Å². The molecule has 2 aliphatic heterocycles. The SMILES string of the molecule is CNc1nc(N2CCCC2)nc(N2CCN(C)C(C)C2)n1. The van der Waals surface area contributed by atoms with Crippen molar-refractivity contribution in [3.05, 3.63) is 0 Å². The highest BCUT2D eigenvalue weighted by atomic mass is 15.4. The van der Waals surface area contributed by atoms with E-state index < -0.39 is 0 Å². The van der Waals surface area contributed by atoms with Gasteiger partial charge in [-0.15, -0.1) is 0 Å². The minimum absolute atomic E-state index is 0.517. The summed E-state index contributed by atoms with van der Waals surface area (Å²) in [6, 6.07) is 0.517. The summed E-state index contributed by atoms with van der Waals surface area (Å²) in [6.07, 6.45) is 2.45. The third-order valence-corrected chi connectivity index (χ3v) is 4.47. The van der Waals surface area contributed by atoms with E-state index in [1.807, 2.05) is 7.05 Å². The molecule has 0 aliphatic carbocycles. The third-order valence-electron chi connectivity index (χ3n) is 4.47. The minimum atomic E-state index is 0.517. The normalized spacial score (nSPS) is 23.7. The first kappa shape index (κ1) is 14.3. The molecule has 3 heterocycles. The Morgan fingerprint density at radius 1 is 0.952 bits per heavy atom. The van der Waals surface area contributed by atoms with Crippen LogP contribution in [0.1, 0.15) is 19.8 Å². The molecule has 1 unspecified atom stereocenters. The van der Waals surface area contributed by atoms with Crippen molar-refractivity contribution < 1.29 is 0 Å². The van der Waals surface area contributed by atoms with Crippen molar-refractivity contribution in [2.45, 2.75) is 25.8 Å². The van der Waals surface area contributed by atoms with Crippen molar-refractivity contribution in [3.63, 3.8) is 0 Å². The van der Waals surface area contributed by atoms with Crippen LogP contribution in [0.2, 0.25) is 0 Å². The average Bonchev–Trinajstić information content (AvgIpc) is 3.04. The van der Waals surface area contributed by atoms with Crippen LogP contribution < -0.4 is 15.1 Å². The van der Waals surface area contributed by atoms with Crippen LogP contribution in [0.15, 0.2) is 0 Å². The fourth-order valence-electron chi connectivity index (χ4n) is 2.90. The lowest BCUT2D eigenvalue weighted by atomic mass is 10.2. The van der Waals surface area contributed by atoms with Gasteiger partial charge >= 0.3 is 0 Å². The van der Waals surface area contributed by atoms with E-state index in [4.69, 9.17) is 4.98 Å². The van der Waals surface area contributed by atoms with E-state index in [-0.39, 0.29) is 0 Å². The molecule has 0 spiro atoms. The zero-order valence-electron chi connectivity index (χ0n) is 13.2. The lowest BCUT2D eigenvalue weighted by Gasteiger charge is -2.37. The number of hydrogen-bond acceptors (Lipinski definition) is 7. The summed E-state index contributed by atoms with van der Waals surface area (Å²) in [5, 5.41) is 3.06. The number of anilines is 3. The lowest BCUT2D eigenvalue weighted by Crippen LogP contribution is -2.50. The van der Waals surface area contributed by atoms with Gasteiger partial charge in [-0.2, -0.15) is 15.0 Å². The van der Waals surface area contributed by atoms with Crippen molar-refractivity contribution in [1.82, 2.24) is 19.9 Å². The van der Waals surface area contributed by atoms with Gasteiger partial charge < -0.3 is 20.0 Å². The Labute approximate surface area is 126 Å². The lowest BCUT2D eigenvalue weighted by molar-refractivity contribution is 0.233. The fraction of sp³-hybridized carbons (Fsp3) is 0.786. The molecule has 0 aromatic carbocycles. The molecule has 2 fully saturated rings. The highest BCUT2D eigenvalue weighted by molar-refractivity contribution is 5.45. The molecule has 1 atom stereocenters. The Bertz CT molecular complexity index is 486. The fourth-order valence-corrected chi connectivity index (χ4v) is 2.90. The van der Waals surface area contributed by atoms with Crippen LogP contribution in [-0.2, 0) is 0 Å². The maximum absolute atomic E-state index is 4.72. The van der Waals surface area contributed by atoms with E-state index in [2.05, 4.69) is 44.0 Å². The molecule has 0 radical (unpaired) electrons. The maximum atomic E-state index is 4.72. The molecule has 1 aromatic heterocycles. The quantitative estimate of drug-likeness (QED) is 0.877. The summed E-state index contributed by atoms with van der Waals surface area (Å²) in [7, 11) is 4.03. The second-order valence-corrected chi connectivity index (χ2v) is 5.98. The van der Waals surface area contributed by atoms with Crippen LogP contribution in [0.3, 0.4) is 0 Å². The van der Waals surface area contributed by atoms with Crippen molar-refractivity contribution in [2.24, 2.45) is 0 Å². The second kappa shape index (κ2) is 6.01. The molecule has 3 rings (SSSR count). The molecule has 2 aliphatic rings. The number of nitrogens with zero attached hydrogens (tertiary/aromatic N) is 6. The molecule has 7 heteroatoms. The summed E-state index contributed by atoms with van der Waals surface area (Å²) >= 11 is 0. The summed E-state index contributed by atoms with van der Waals surface area (Å²) < 4.78 is 0. The van der Waals surface area contributed by atoms with Crippen LogP contribution in [0.4, 0.5) is 17.8 Å². The molecule has 1 N–H and O–H groups in total. The van der Waals surface area contributed by atoms with Crippen LogP contribution in [0.25, 0.3) is 0 Å². The highest BCUT2D eigenvalue weighted by Crippen LogP contribution is 2.21. The Morgan fingerprint density at radius 2 is 1.62 bits per heavy atom. The standard InChI is InChI=1S/C14H25N7/c1-11-10-21(9-8-19(11)3)14-17-12(15-2)16-13(18-14)20-6-4-5-7-20/h11H,4-10H2,1-3H3,(H,15,16,17,18). The average molecular weight is 291 g/mol. The Balaban J connectivity index is 1.85. The molecule has 21 heavy (non-hydrogen) atoms. The van der Waals surface area contributed by atoms with Crippen molar-refractivity contribution in [1.29, 1.82) is 0 Å². The van der Waals surface area contributed by atoms with E-state index in [1.165, 1.54) is 12.8 Å². The zero-order chi connectivity index (χ0) is 14.8. The van der Waals surface area contributed by atoms with E-state index in [0.717, 1.165) is 44.6 Å². The van der Waals surface area contributed by atoms with Gasteiger partial charge in [-0.25, -0.2) is 0 Å². The first-order valence-corrected chi connectivity index (χ1v) is 7.81. The predicted molar refractivity (Wildman–Crippen MR) is 85.1 cm³/mol. The second-order valence-electron chi connectivity index (χ2n) is 5.98. The Hall–Kier alpha value is -1.63. The van der Waals surface area contributed by atoms with Gasteiger partial charge in [0.1, 0.15) is 0 Å². The Kier molecular flexibility index (Phi) is 4.10. The Morgan fingerprint density at radius 3 is 2.24 bits per heavy atom. The van der Waals surface area contributed by atoms with Gasteiger partial charge in [-0.05, 0) is 26.8 Å². The smallest absolute Gasteiger partial charge is 0.232 e. The van der Waals surface area contributed by atoms with Gasteiger partial charge in [0.25, 0.3) is 0 Å². The first-order chi connectivity index (χ1) is 10.2. The molecule has 0 bridgehead atoms. The van der Waals surface area contributed by atoms with E-state index in [9.17, 15) is 0 Å².